The highest BCUT2D eigenvalue weighted by Gasteiger charge is 2.28. The molecule has 3 aromatic rings. The standard InChI is InChI=1S/C26H21ClFNO2/c1-17-14-18(25(28)15-24(17)27)8-6-7-13-29-26(30)31-16-23-21-11-4-2-9-19(21)20-10-3-5-12-22(20)23/h2-5,9-12,14-15,23H,7,13,16H2,1H3,(H,29,30). The van der Waals surface area contributed by atoms with Crippen LogP contribution in [0, 0.1) is 24.6 Å². The van der Waals surface area contributed by atoms with Crippen molar-refractivity contribution >= 4 is 17.7 Å². The first-order chi connectivity index (χ1) is 15.0. The van der Waals surface area contributed by atoms with Gasteiger partial charge in [0.1, 0.15) is 12.4 Å². The van der Waals surface area contributed by atoms with Gasteiger partial charge in [-0.3, -0.25) is 0 Å². The lowest BCUT2D eigenvalue weighted by Gasteiger charge is -2.14. The van der Waals surface area contributed by atoms with E-state index in [1.54, 1.807) is 13.0 Å². The Morgan fingerprint density at radius 3 is 2.42 bits per heavy atom. The quantitative estimate of drug-likeness (QED) is 0.400. The molecule has 1 aliphatic rings. The fourth-order valence-corrected chi connectivity index (χ4v) is 3.94. The van der Waals surface area contributed by atoms with E-state index in [9.17, 15) is 9.18 Å². The Morgan fingerprint density at radius 1 is 1.10 bits per heavy atom. The van der Waals surface area contributed by atoms with Gasteiger partial charge >= 0.3 is 6.09 Å². The van der Waals surface area contributed by atoms with Crippen molar-refractivity contribution in [3.05, 3.63) is 93.8 Å². The Balaban J connectivity index is 1.30. The van der Waals surface area contributed by atoms with Gasteiger partial charge in [-0.25, -0.2) is 9.18 Å². The van der Waals surface area contributed by atoms with Crippen molar-refractivity contribution in [3.63, 3.8) is 0 Å². The van der Waals surface area contributed by atoms with Crippen LogP contribution < -0.4 is 5.32 Å². The zero-order valence-corrected chi connectivity index (χ0v) is 17.8. The molecule has 3 nitrogen and oxygen atoms in total. The molecule has 0 saturated heterocycles. The first-order valence-corrected chi connectivity index (χ1v) is 10.5. The van der Waals surface area contributed by atoms with E-state index >= 15 is 0 Å². The van der Waals surface area contributed by atoms with E-state index in [-0.39, 0.29) is 12.5 Å². The number of fused-ring (bicyclic) bond motifs is 3. The van der Waals surface area contributed by atoms with Crippen LogP contribution in [0.25, 0.3) is 11.1 Å². The number of carbonyl (C=O) groups excluding carboxylic acids is 1. The number of amides is 1. The summed E-state index contributed by atoms with van der Waals surface area (Å²) in [5.74, 6) is 5.21. The Labute approximate surface area is 186 Å². The van der Waals surface area contributed by atoms with Crippen LogP contribution in [0.5, 0.6) is 0 Å². The summed E-state index contributed by atoms with van der Waals surface area (Å²) < 4.78 is 19.3. The number of alkyl carbamates (subject to hydrolysis) is 1. The van der Waals surface area contributed by atoms with Crippen LogP contribution in [0.2, 0.25) is 5.02 Å². The normalized spacial score (nSPS) is 11.8. The number of hydrogen-bond acceptors (Lipinski definition) is 2. The predicted octanol–water partition coefficient (Wildman–Crippen LogP) is 6.07. The molecule has 4 rings (SSSR count). The number of halogens is 2. The van der Waals surface area contributed by atoms with E-state index < -0.39 is 11.9 Å². The molecule has 1 aliphatic carbocycles. The minimum Gasteiger partial charge on any atom is -0.449 e. The second-order valence-electron chi connectivity index (χ2n) is 7.39. The van der Waals surface area contributed by atoms with Gasteiger partial charge in [0, 0.05) is 23.9 Å². The van der Waals surface area contributed by atoms with Crippen molar-refractivity contribution < 1.29 is 13.9 Å². The minimum absolute atomic E-state index is 0.0223. The second-order valence-corrected chi connectivity index (χ2v) is 7.79. The highest BCUT2D eigenvalue weighted by molar-refractivity contribution is 6.31. The van der Waals surface area contributed by atoms with Crippen molar-refractivity contribution in [3.8, 4) is 23.0 Å². The highest BCUT2D eigenvalue weighted by Crippen LogP contribution is 2.44. The van der Waals surface area contributed by atoms with Gasteiger partial charge in [-0.05, 0) is 46.9 Å². The van der Waals surface area contributed by atoms with Gasteiger partial charge in [0.25, 0.3) is 0 Å². The maximum Gasteiger partial charge on any atom is 0.407 e. The van der Waals surface area contributed by atoms with Crippen LogP contribution >= 0.6 is 11.6 Å². The Bertz CT molecular complexity index is 1150. The van der Waals surface area contributed by atoms with Gasteiger partial charge in [-0.15, -0.1) is 0 Å². The van der Waals surface area contributed by atoms with E-state index in [2.05, 4.69) is 41.4 Å². The number of ether oxygens (including phenoxy) is 1. The van der Waals surface area contributed by atoms with Crippen molar-refractivity contribution in [1.29, 1.82) is 0 Å². The molecule has 0 unspecified atom stereocenters. The second kappa shape index (κ2) is 9.24. The monoisotopic (exact) mass is 433 g/mol. The maximum atomic E-state index is 13.9. The molecule has 0 radical (unpaired) electrons. The molecular formula is C26H21ClFNO2. The third-order valence-corrected chi connectivity index (χ3v) is 5.74. The van der Waals surface area contributed by atoms with E-state index in [1.165, 1.54) is 28.3 Å². The summed E-state index contributed by atoms with van der Waals surface area (Å²) in [6.45, 7) is 2.38. The van der Waals surface area contributed by atoms with Gasteiger partial charge in [-0.2, -0.15) is 0 Å². The highest BCUT2D eigenvalue weighted by atomic mass is 35.5. The molecule has 0 bridgehead atoms. The zero-order chi connectivity index (χ0) is 21.8. The fraction of sp³-hybridized carbons (Fsp3) is 0.192. The molecule has 0 aliphatic heterocycles. The van der Waals surface area contributed by atoms with E-state index in [1.807, 2.05) is 24.3 Å². The summed E-state index contributed by atoms with van der Waals surface area (Å²) in [5.41, 5.74) is 5.77. The Morgan fingerprint density at radius 2 is 1.74 bits per heavy atom. The summed E-state index contributed by atoms with van der Waals surface area (Å²) in [6, 6.07) is 19.3. The Hall–Kier alpha value is -3.29. The van der Waals surface area contributed by atoms with Crippen molar-refractivity contribution in [2.45, 2.75) is 19.3 Å². The lowest BCUT2D eigenvalue weighted by atomic mass is 9.98. The van der Waals surface area contributed by atoms with Crippen LogP contribution in [-0.4, -0.2) is 19.2 Å². The first-order valence-electron chi connectivity index (χ1n) is 10.1. The third kappa shape index (κ3) is 4.57. The van der Waals surface area contributed by atoms with Crippen LogP contribution in [0.3, 0.4) is 0 Å². The van der Waals surface area contributed by atoms with Crippen molar-refractivity contribution in [2.24, 2.45) is 0 Å². The average Bonchev–Trinajstić information content (AvgIpc) is 3.09. The van der Waals surface area contributed by atoms with E-state index in [4.69, 9.17) is 16.3 Å². The third-order valence-electron chi connectivity index (χ3n) is 5.33. The summed E-state index contributed by atoms with van der Waals surface area (Å²) in [5, 5.41) is 3.07. The van der Waals surface area contributed by atoms with Gasteiger partial charge < -0.3 is 10.1 Å². The Kier molecular flexibility index (Phi) is 6.25. The lowest BCUT2D eigenvalue weighted by Crippen LogP contribution is -2.26. The zero-order valence-electron chi connectivity index (χ0n) is 17.0. The molecule has 1 N–H and O–H groups in total. The number of aryl methyl sites for hydroxylation is 1. The largest absolute Gasteiger partial charge is 0.449 e. The average molecular weight is 434 g/mol. The molecule has 0 heterocycles. The van der Waals surface area contributed by atoms with Gasteiger partial charge in [-0.1, -0.05) is 72.0 Å². The predicted molar refractivity (Wildman–Crippen MR) is 121 cm³/mol. The number of rotatable bonds is 4. The summed E-state index contributed by atoms with van der Waals surface area (Å²) >= 11 is 5.89. The smallest absolute Gasteiger partial charge is 0.407 e. The first kappa shape index (κ1) is 21.0. The maximum absolute atomic E-state index is 13.9. The molecule has 0 atom stereocenters. The molecule has 0 fully saturated rings. The van der Waals surface area contributed by atoms with Crippen LogP contribution in [0.15, 0.2) is 60.7 Å². The van der Waals surface area contributed by atoms with Crippen LogP contribution in [-0.2, 0) is 4.74 Å². The van der Waals surface area contributed by atoms with Crippen molar-refractivity contribution in [2.75, 3.05) is 13.2 Å². The molecule has 1 amide bonds. The summed E-state index contributed by atoms with van der Waals surface area (Å²) in [6.07, 6.45) is -0.108. The number of benzene rings is 3. The molecule has 0 spiro atoms. The summed E-state index contributed by atoms with van der Waals surface area (Å²) in [4.78, 5) is 12.1. The lowest BCUT2D eigenvalue weighted by molar-refractivity contribution is 0.143. The molecule has 0 aromatic heterocycles. The SMILES string of the molecule is Cc1cc(C#CCCNC(=O)OCC2c3ccccc3-c3ccccc32)c(F)cc1Cl. The number of hydrogen-bond donors (Lipinski definition) is 1. The molecule has 3 aromatic carbocycles. The molecule has 156 valence electrons. The minimum atomic E-state index is -0.489. The summed E-state index contributed by atoms with van der Waals surface area (Å²) in [7, 11) is 0. The van der Waals surface area contributed by atoms with E-state index in [0.29, 0.717) is 23.6 Å². The van der Waals surface area contributed by atoms with Gasteiger partial charge in [0.05, 0.1) is 5.56 Å². The molecule has 5 heteroatoms. The topological polar surface area (TPSA) is 38.3 Å². The van der Waals surface area contributed by atoms with Gasteiger partial charge in [0.15, 0.2) is 0 Å². The van der Waals surface area contributed by atoms with E-state index in [0.717, 1.165) is 5.56 Å². The van der Waals surface area contributed by atoms with Gasteiger partial charge in [0.2, 0.25) is 0 Å². The van der Waals surface area contributed by atoms with Crippen LogP contribution in [0.4, 0.5) is 9.18 Å². The van der Waals surface area contributed by atoms with Crippen LogP contribution in [0.1, 0.15) is 34.6 Å². The van der Waals surface area contributed by atoms with Crippen molar-refractivity contribution in [1.82, 2.24) is 5.32 Å². The molecular weight excluding hydrogens is 413 g/mol. The number of nitrogens with one attached hydrogen (secondary N) is 1. The number of carbonyl (C=O) groups is 1. The fourth-order valence-electron chi connectivity index (χ4n) is 3.79. The molecule has 31 heavy (non-hydrogen) atoms. The molecule has 0 saturated carbocycles.